The third-order valence-corrected chi connectivity index (χ3v) is 4.22. The summed E-state index contributed by atoms with van der Waals surface area (Å²) in [5.74, 6) is 1.17. The molecule has 0 aliphatic carbocycles. The molecule has 0 spiro atoms. The van der Waals surface area contributed by atoms with Crippen LogP contribution in [0, 0.1) is 0 Å². The largest absolute Gasteiger partial charge is 0.493 e. The molecule has 1 N–H and O–H groups in total. The molecule has 0 aliphatic heterocycles. The number of ether oxygens (including phenoxy) is 2. The van der Waals surface area contributed by atoms with Gasteiger partial charge in [-0.1, -0.05) is 12.1 Å². The molecule has 1 heterocycles. The molecule has 1 atom stereocenters. The fourth-order valence-corrected chi connectivity index (χ4v) is 2.73. The van der Waals surface area contributed by atoms with E-state index in [-0.39, 0.29) is 11.9 Å². The van der Waals surface area contributed by atoms with E-state index in [4.69, 9.17) is 9.47 Å². The number of methoxy groups -OCH3 is 2. The lowest BCUT2D eigenvalue weighted by molar-refractivity contribution is -0.117. The molecule has 1 aromatic carbocycles. The molecule has 0 aliphatic rings. The second-order valence-corrected chi connectivity index (χ2v) is 5.67. The van der Waals surface area contributed by atoms with Crippen LogP contribution in [0.1, 0.15) is 23.4 Å². The van der Waals surface area contributed by atoms with E-state index in [0.29, 0.717) is 11.5 Å². The van der Waals surface area contributed by atoms with Crippen molar-refractivity contribution in [2.75, 3.05) is 14.2 Å². The van der Waals surface area contributed by atoms with Crippen LogP contribution in [0.15, 0.2) is 41.8 Å². The molecule has 116 valence electrons. The molecule has 0 radical (unpaired) electrons. The molecule has 0 saturated carbocycles. The van der Waals surface area contributed by atoms with Crippen molar-refractivity contribution < 1.29 is 14.3 Å². The number of amides is 1. The maximum Gasteiger partial charge on any atom is 0.244 e. The molecule has 1 unspecified atom stereocenters. The third kappa shape index (κ3) is 4.11. The maximum absolute atomic E-state index is 12.0. The zero-order valence-corrected chi connectivity index (χ0v) is 13.6. The molecule has 0 bridgehead atoms. The van der Waals surface area contributed by atoms with Gasteiger partial charge in [0.05, 0.1) is 20.3 Å². The van der Waals surface area contributed by atoms with Crippen molar-refractivity contribution in [2.45, 2.75) is 13.0 Å². The van der Waals surface area contributed by atoms with Gasteiger partial charge in [0, 0.05) is 11.0 Å². The highest BCUT2D eigenvalue weighted by atomic mass is 32.1. The van der Waals surface area contributed by atoms with E-state index in [0.717, 1.165) is 10.4 Å². The summed E-state index contributed by atoms with van der Waals surface area (Å²) in [7, 11) is 3.17. The highest BCUT2D eigenvalue weighted by molar-refractivity contribution is 7.10. The Kier molecular flexibility index (Phi) is 5.61. The van der Waals surface area contributed by atoms with E-state index in [1.807, 2.05) is 42.6 Å². The molecule has 4 nitrogen and oxygen atoms in total. The molecule has 1 amide bonds. The zero-order chi connectivity index (χ0) is 15.9. The van der Waals surface area contributed by atoms with Crippen LogP contribution in [-0.4, -0.2) is 20.1 Å². The van der Waals surface area contributed by atoms with Gasteiger partial charge in [-0.2, -0.15) is 0 Å². The predicted octanol–water partition coefficient (Wildman–Crippen LogP) is 3.66. The number of nitrogens with one attached hydrogen (secondary N) is 1. The van der Waals surface area contributed by atoms with E-state index in [1.165, 1.54) is 6.08 Å². The fraction of sp³-hybridized carbons (Fsp3) is 0.235. The van der Waals surface area contributed by atoms with Gasteiger partial charge in [0.1, 0.15) is 0 Å². The second kappa shape index (κ2) is 7.66. The summed E-state index contributed by atoms with van der Waals surface area (Å²) in [5, 5.41) is 4.93. The summed E-state index contributed by atoms with van der Waals surface area (Å²) in [4.78, 5) is 13.1. The molecule has 1 aromatic heterocycles. The number of carbonyl (C=O) groups excluding carboxylic acids is 1. The first-order chi connectivity index (χ1) is 10.6. The number of carbonyl (C=O) groups is 1. The summed E-state index contributed by atoms with van der Waals surface area (Å²) in [5.41, 5.74) is 0.872. The average Bonchev–Trinajstić information content (AvgIpc) is 3.07. The van der Waals surface area contributed by atoms with Crippen LogP contribution in [0.2, 0.25) is 0 Å². The van der Waals surface area contributed by atoms with Gasteiger partial charge < -0.3 is 14.8 Å². The summed E-state index contributed by atoms with van der Waals surface area (Å²) < 4.78 is 10.4. The minimum absolute atomic E-state index is 0.00236. The van der Waals surface area contributed by atoms with E-state index in [2.05, 4.69) is 5.32 Å². The van der Waals surface area contributed by atoms with Crippen LogP contribution >= 0.6 is 11.3 Å². The van der Waals surface area contributed by atoms with Gasteiger partial charge in [-0.15, -0.1) is 11.3 Å². The summed E-state index contributed by atoms with van der Waals surface area (Å²) >= 11 is 1.63. The van der Waals surface area contributed by atoms with E-state index >= 15 is 0 Å². The van der Waals surface area contributed by atoms with Crippen LogP contribution in [0.5, 0.6) is 11.5 Å². The quantitative estimate of drug-likeness (QED) is 0.827. The molecule has 0 saturated heterocycles. The minimum atomic E-state index is -0.129. The molecule has 5 heteroatoms. The fourth-order valence-electron chi connectivity index (χ4n) is 2.00. The first-order valence-corrected chi connectivity index (χ1v) is 7.76. The van der Waals surface area contributed by atoms with Crippen LogP contribution in [0.25, 0.3) is 6.08 Å². The van der Waals surface area contributed by atoms with Gasteiger partial charge in [-0.05, 0) is 42.1 Å². The topological polar surface area (TPSA) is 47.6 Å². The van der Waals surface area contributed by atoms with Gasteiger partial charge in [-0.3, -0.25) is 4.79 Å². The van der Waals surface area contributed by atoms with Crippen molar-refractivity contribution >= 4 is 23.3 Å². The van der Waals surface area contributed by atoms with Crippen LogP contribution < -0.4 is 14.8 Å². The average molecular weight is 317 g/mol. The number of rotatable bonds is 6. The lowest BCUT2D eigenvalue weighted by atomic mass is 10.2. The van der Waals surface area contributed by atoms with Crippen molar-refractivity contribution in [3.05, 3.63) is 52.2 Å². The highest BCUT2D eigenvalue weighted by Gasteiger charge is 2.08. The Morgan fingerprint density at radius 2 is 2.00 bits per heavy atom. The third-order valence-electron chi connectivity index (χ3n) is 3.16. The van der Waals surface area contributed by atoms with Crippen molar-refractivity contribution in [3.63, 3.8) is 0 Å². The van der Waals surface area contributed by atoms with Crippen LogP contribution in [-0.2, 0) is 4.79 Å². The molecular weight excluding hydrogens is 298 g/mol. The smallest absolute Gasteiger partial charge is 0.244 e. The number of thiophene rings is 1. The first kappa shape index (κ1) is 16.1. The van der Waals surface area contributed by atoms with Gasteiger partial charge >= 0.3 is 0 Å². The van der Waals surface area contributed by atoms with Crippen LogP contribution in [0.3, 0.4) is 0 Å². The summed E-state index contributed by atoms with van der Waals surface area (Å²) in [6, 6.07) is 9.49. The minimum Gasteiger partial charge on any atom is -0.493 e. The molecular formula is C17H19NO3S. The lowest BCUT2D eigenvalue weighted by Gasteiger charge is -2.10. The Morgan fingerprint density at radius 1 is 1.23 bits per heavy atom. The molecule has 2 rings (SSSR count). The van der Waals surface area contributed by atoms with Crippen molar-refractivity contribution in [1.29, 1.82) is 0 Å². The Hall–Kier alpha value is -2.27. The zero-order valence-electron chi connectivity index (χ0n) is 12.8. The second-order valence-electron chi connectivity index (χ2n) is 4.69. The van der Waals surface area contributed by atoms with Gasteiger partial charge in [-0.25, -0.2) is 0 Å². The Labute approximate surface area is 134 Å². The normalized spacial score (nSPS) is 12.1. The Balaban J connectivity index is 2.00. The Morgan fingerprint density at radius 3 is 2.64 bits per heavy atom. The number of hydrogen-bond donors (Lipinski definition) is 1. The van der Waals surface area contributed by atoms with Crippen LogP contribution in [0.4, 0.5) is 0 Å². The molecule has 0 fully saturated rings. The first-order valence-electron chi connectivity index (χ1n) is 6.88. The van der Waals surface area contributed by atoms with Crippen molar-refractivity contribution in [3.8, 4) is 11.5 Å². The van der Waals surface area contributed by atoms with E-state index in [9.17, 15) is 4.79 Å². The summed E-state index contributed by atoms with van der Waals surface area (Å²) in [6.45, 7) is 1.97. The van der Waals surface area contributed by atoms with E-state index < -0.39 is 0 Å². The number of hydrogen-bond acceptors (Lipinski definition) is 4. The summed E-state index contributed by atoms with van der Waals surface area (Å²) in [6.07, 6.45) is 3.27. The predicted molar refractivity (Wildman–Crippen MR) is 89.5 cm³/mol. The van der Waals surface area contributed by atoms with Crippen molar-refractivity contribution in [1.82, 2.24) is 5.32 Å². The van der Waals surface area contributed by atoms with Gasteiger partial charge in [0.25, 0.3) is 0 Å². The maximum atomic E-state index is 12.0. The standard InChI is InChI=1S/C17H19NO3S/c1-12(16-5-4-10-22-16)18-17(19)9-7-13-6-8-14(20-2)15(11-13)21-3/h4-12H,1-3H3,(H,18,19)/b9-7+. The monoisotopic (exact) mass is 317 g/mol. The molecule has 22 heavy (non-hydrogen) atoms. The van der Waals surface area contributed by atoms with Gasteiger partial charge in [0.15, 0.2) is 11.5 Å². The molecule has 2 aromatic rings. The van der Waals surface area contributed by atoms with Crippen molar-refractivity contribution in [2.24, 2.45) is 0 Å². The highest BCUT2D eigenvalue weighted by Crippen LogP contribution is 2.28. The lowest BCUT2D eigenvalue weighted by Crippen LogP contribution is -2.23. The van der Waals surface area contributed by atoms with E-state index in [1.54, 1.807) is 31.6 Å². The number of benzene rings is 1. The SMILES string of the molecule is COc1ccc(/C=C/C(=O)NC(C)c2cccs2)cc1OC. The van der Waals surface area contributed by atoms with Gasteiger partial charge in [0.2, 0.25) is 5.91 Å². The Bertz CT molecular complexity index is 650.